The van der Waals surface area contributed by atoms with Crippen LogP contribution in [0, 0.1) is 11.8 Å². The van der Waals surface area contributed by atoms with Crippen molar-refractivity contribution in [2.45, 2.75) is 13.0 Å². The maximum absolute atomic E-state index is 13.5. The van der Waals surface area contributed by atoms with E-state index in [-0.39, 0.29) is 17.3 Å². The molecule has 0 aliphatic rings. The Bertz CT molecular complexity index is 1870. The van der Waals surface area contributed by atoms with Crippen molar-refractivity contribution in [1.82, 2.24) is 34.4 Å². The number of nitrogens with two attached hydrogens (primary N) is 1. The highest BCUT2D eigenvalue weighted by molar-refractivity contribution is 7.15. The average molecular weight is 519 g/mol. The van der Waals surface area contributed by atoms with Gasteiger partial charge in [0.05, 0.1) is 34.7 Å². The Morgan fingerprint density at radius 3 is 2.74 bits per heavy atom. The number of amides is 1. The SMILES string of the molecule is C[C@H](NC(=O)c1c(N)ncc2cccnc12)c1nc2scc(C#Cc3cnn(C)c3)n2c1-c1ccccc1. The van der Waals surface area contributed by atoms with Gasteiger partial charge >= 0.3 is 0 Å². The first-order valence-electron chi connectivity index (χ1n) is 11.9. The number of fused-ring (bicyclic) bond motifs is 2. The van der Waals surface area contributed by atoms with Crippen LogP contribution < -0.4 is 11.1 Å². The van der Waals surface area contributed by atoms with Crippen LogP contribution in [-0.2, 0) is 7.05 Å². The van der Waals surface area contributed by atoms with Gasteiger partial charge in [0.15, 0.2) is 4.96 Å². The molecule has 5 heterocycles. The number of hydrogen-bond acceptors (Lipinski definition) is 7. The Hall–Kier alpha value is -5.01. The van der Waals surface area contributed by atoms with Gasteiger partial charge in [-0.15, -0.1) is 11.3 Å². The summed E-state index contributed by atoms with van der Waals surface area (Å²) in [5.41, 5.74) is 11.1. The third-order valence-corrected chi connectivity index (χ3v) is 6.96. The normalized spacial score (nSPS) is 11.8. The molecule has 0 unspecified atom stereocenters. The van der Waals surface area contributed by atoms with E-state index < -0.39 is 6.04 Å². The molecule has 9 nitrogen and oxygen atoms in total. The number of benzene rings is 1. The molecule has 6 rings (SSSR count). The molecule has 186 valence electrons. The second kappa shape index (κ2) is 9.46. The van der Waals surface area contributed by atoms with Gasteiger partial charge in [-0.2, -0.15) is 5.10 Å². The summed E-state index contributed by atoms with van der Waals surface area (Å²) in [5.74, 6) is 6.21. The standard InChI is InChI=1S/C28H22N8OS/c1-17(33-27(37)22-24-20(9-6-12-30-24)14-31-26(22)29)23-25(19-7-4-3-5-8-19)36-21(16-38-28(36)34-23)11-10-18-13-32-35(2)15-18/h3-9,12-17H,1-2H3,(H2,29,31)(H,33,37)/t17-/m0/s1. The second-order valence-corrected chi connectivity index (χ2v) is 9.59. The van der Waals surface area contributed by atoms with E-state index in [0.29, 0.717) is 5.52 Å². The molecule has 0 saturated heterocycles. The minimum atomic E-state index is -0.442. The molecule has 1 amide bonds. The first kappa shape index (κ1) is 23.4. The van der Waals surface area contributed by atoms with Gasteiger partial charge in [0.25, 0.3) is 5.91 Å². The summed E-state index contributed by atoms with van der Waals surface area (Å²) in [6, 6.07) is 13.2. The largest absolute Gasteiger partial charge is 0.383 e. The highest BCUT2D eigenvalue weighted by Gasteiger charge is 2.25. The predicted octanol–water partition coefficient (Wildman–Crippen LogP) is 4.21. The fraction of sp³-hybridized carbons (Fsp3) is 0.107. The van der Waals surface area contributed by atoms with Crippen LogP contribution in [0.25, 0.3) is 27.1 Å². The van der Waals surface area contributed by atoms with Gasteiger partial charge in [-0.1, -0.05) is 36.3 Å². The van der Waals surface area contributed by atoms with Crippen LogP contribution in [0.4, 0.5) is 5.82 Å². The van der Waals surface area contributed by atoms with Crippen LogP contribution in [0.15, 0.2) is 72.6 Å². The van der Waals surface area contributed by atoms with Crippen LogP contribution >= 0.6 is 11.3 Å². The highest BCUT2D eigenvalue weighted by atomic mass is 32.1. The first-order chi connectivity index (χ1) is 18.5. The molecule has 0 radical (unpaired) electrons. The number of carbonyl (C=O) groups excluding carboxylic acids is 1. The predicted molar refractivity (Wildman–Crippen MR) is 148 cm³/mol. The smallest absolute Gasteiger partial charge is 0.257 e. The lowest BCUT2D eigenvalue weighted by Gasteiger charge is -2.16. The number of anilines is 1. The topological polar surface area (TPSA) is 116 Å². The highest BCUT2D eigenvalue weighted by Crippen LogP contribution is 2.33. The van der Waals surface area contributed by atoms with Crippen molar-refractivity contribution in [2.24, 2.45) is 7.05 Å². The number of nitrogens with one attached hydrogen (secondary N) is 1. The van der Waals surface area contributed by atoms with Gasteiger partial charge in [0.1, 0.15) is 17.1 Å². The summed E-state index contributed by atoms with van der Waals surface area (Å²) in [6.07, 6.45) is 6.85. The lowest BCUT2D eigenvalue weighted by atomic mass is 10.1. The molecule has 38 heavy (non-hydrogen) atoms. The Balaban J connectivity index is 1.43. The minimum Gasteiger partial charge on any atom is -0.383 e. The molecule has 0 aliphatic heterocycles. The van der Waals surface area contributed by atoms with E-state index in [1.165, 1.54) is 11.3 Å². The second-order valence-electron chi connectivity index (χ2n) is 8.76. The molecule has 6 aromatic rings. The van der Waals surface area contributed by atoms with Gasteiger partial charge in [-0.05, 0) is 25.0 Å². The van der Waals surface area contributed by atoms with Gasteiger partial charge < -0.3 is 11.1 Å². The summed E-state index contributed by atoms with van der Waals surface area (Å²) < 4.78 is 3.76. The minimum absolute atomic E-state index is 0.128. The fourth-order valence-corrected chi connectivity index (χ4v) is 5.21. The summed E-state index contributed by atoms with van der Waals surface area (Å²) in [6.45, 7) is 1.90. The summed E-state index contributed by atoms with van der Waals surface area (Å²) in [5, 5.41) is 9.98. The molecule has 0 spiro atoms. The van der Waals surface area contributed by atoms with Crippen molar-refractivity contribution < 1.29 is 4.79 Å². The molecule has 1 atom stereocenters. The summed E-state index contributed by atoms with van der Waals surface area (Å²) in [7, 11) is 1.86. The number of nitrogen functional groups attached to an aromatic ring is 1. The third-order valence-electron chi connectivity index (χ3n) is 6.14. The molecule has 0 saturated carbocycles. The van der Waals surface area contributed by atoms with Crippen LogP contribution in [0.3, 0.4) is 0 Å². The van der Waals surface area contributed by atoms with Crippen LogP contribution in [-0.4, -0.2) is 35.0 Å². The van der Waals surface area contributed by atoms with Gasteiger partial charge in [-0.25, -0.2) is 9.97 Å². The van der Waals surface area contributed by atoms with E-state index in [9.17, 15) is 4.79 Å². The molecule has 0 aliphatic carbocycles. The zero-order chi connectivity index (χ0) is 26.2. The maximum atomic E-state index is 13.5. The van der Waals surface area contributed by atoms with Gasteiger partial charge in [-0.3, -0.25) is 18.9 Å². The quantitative estimate of drug-likeness (QED) is 0.338. The zero-order valence-electron chi connectivity index (χ0n) is 20.6. The van der Waals surface area contributed by atoms with Crippen molar-refractivity contribution in [3.05, 3.63) is 95.1 Å². The lowest BCUT2D eigenvalue weighted by molar-refractivity contribution is 0.0941. The van der Waals surface area contributed by atoms with E-state index in [1.54, 1.807) is 29.3 Å². The monoisotopic (exact) mass is 518 g/mol. The van der Waals surface area contributed by atoms with Crippen molar-refractivity contribution in [2.75, 3.05) is 5.73 Å². The van der Waals surface area contributed by atoms with E-state index in [0.717, 1.165) is 38.6 Å². The lowest BCUT2D eigenvalue weighted by Crippen LogP contribution is -2.28. The van der Waals surface area contributed by atoms with Crippen molar-refractivity contribution >= 4 is 38.9 Å². The number of aromatic nitrogens is 6. The van der Waals surface area contributed by atoms with E-state index in [4.69, 9.17) is 10.7 Å². The maximum Gasteiger partial charge on any atom is 0.257 e. The van der Waals surface area contributed by atoms with Crippen molar-refractivity contribution in [3.63, 3.8) is 0 Å². The van der Waals surface area contributed by atoms with Crippen LogP contribution in [0.5, 0.6) is 0 Å². The Kier molecular flexibility index (Phi) is 5.82. The van der Waals surface area contributed by atoms with Crippen LogP contribution in [0.1, 0.15) is 40.3 Å². The number of imidazole rings is 1. The Morgan fingerprint density at radius 1 is 1.11 bits per heavy atom. The Morgan fingerprint density at radius 2 is 1.95 bits per heavy atom. The molecule has 0 fully saturated rings. The molecule has 0 bridgehead atoms. The zero-order valence-corrected chi connectivity index (χ0v) is 21.4. The number of thiazole rings is 1. The number of aryl methyl sites for hydroxylation is 1. The summed E-state index contributed by atoms with van der Waals surface area (Å²) in [4.78, 5) is 27.7. The molecular weight excluding hydrogens is 496 g/mol. The van der Waals surface area contributed by atoms with E-state index >= 15 is 0 Å². The first-order valence-corrected chi connectivity index (χ1v) is 12.7. The van der Waals surface area contributed by atoms with Gasteiger partial charge in [0, 0.05) is 42.0 Å². The Labute approximate surface area is 222 Å². The summed E-state index contributed by atoms with van der Waals surface area (Å²) >= 11 is 1.50. The van der Waals surface area contributed by atoms with Crippen molar-refractivity contribution in [3.8, 4) is 23.1 Å². The molecule has 1 aromatic carbocycles. The van der Waals surface area contributed by atoms with Gasteiger partial charge in [0.2, 0.25) is 0 Å². The van der Waals surface area contributed by atoms with Crippen molar-refractivity contribution in [1.29, 1.82) is 0 Å². The molecule has 3 N–H and O–H groups in total. The van der Waals surface area contributed by atoms with E-state index in [1.807, 2.05) is 66.3 Å². The molecule has 5 aromatic heterocycles. The fourth-order valence-electron chi connectivity index (χ4n) is 4.38. The number of hydrogen-bond donors (Lipinski definition) is 2. The van der Waals surface area contributed by atoms with E-state index in [2.05, 4.69) is 32.2 Å². The average Bonchev–Trinajstić information content (AvgIpc) is 3.63. The number of rotatable bonds is 4. The third kappa shape index (κ3) is 4.15. The number of pyridine rings is 2. The van der Waals surface area contributed by atoms with Crippen LogP contribution in [0.2, 0.25) is 0 Å². The number of carbonyl (C=O) groups is 1. The molecular formula is C28H22N8OS. The number of nitrogens with zero attached hydrogens (tertiary/aromatic N) is 6. The molecule has 10 heteroatoms.